The molecule has 0 aliphatic carbocycles. The molecule has 0 spiro atoms. The van der Waals surface area contributed by atoms with Gasteiger partial charge < -0.3 is 9.47 Å². The van der Waals surface area contributed by atoms with Crippen molar-refractivity contribution in [3.63, 3.8) is 0 Å². The van der Waals surface area contributed by atoms with Crippen LogP contribution >= 0.6 is 27.3 Å². The second-order valence-corrected chi connectivity index (χ2v) is 5.79. The highest BCUT2D eigenvalue weighted by atomic mass is 79.9. The molecule has 104 valence electrons. The van der Waals surface area contributed by atoms with E-state index in [1.165, 1.54) is 6.08 Å². The molecule has 5 heteroatoms. The summed E-state index contributed by atoms with van der Waals surface area (Å²) in [5.74, 6) is 1.04. The molecule has 2 aromatic rings. The molecule has 0 saturated heterocycles. The first-order valence-corrected chi connectivity index (χ1v) is 7.50. The van der Waals surface area contributed by atoms with E-state index in [-0.39, 0.29) is 5.78 Å². The van der Waals surface area contributed by atoms with Gasteiger partial charge in [0.2, 0.25) is 0 Å². The summed E-state index contributed by atoms with van der Waals surface area (Å²) in [6.45, 7) is 0. The lowest BCUT2D eigenvalue weighted by atomic mass is 10.1. The fourth-order valence-electron chi connectivity index (χ4n) is 1.67. The van der Waals surface area contributed by atoms with Gasteiger partial charge in [-0.05, 0) is 52.3 Å². The molecule has 0 radical (unpaired) electrons. The SMILES string of the molecule is COc1ccc(OC)c(C(=O)/C=C/c2cc(Br)cs2)c1. The van der Waals surface area contributed by atoms with Crippen molar-refractivity contribution in [3.8, 4) is 11.5 Å². The second-order valence-electron chi connectivity index (χ2n) is 3.93. The molecule has 2 rings (SSSR count). The van der Waals surface area contributed by atoms with Crippen LogP contribution in [0.4, 0.5) is 0 Å². The molecular weight excluding hydrogens is 340 g/mol. The Balaban J connectivity index is 2.26. The first-order chi connectivity index (χ1) is 9.63. The molecule has 0 unspecified atom stereocenters. The predicted octanol–water partition coefficient (Wildman–Crippen LogP) is 4.42. The smallest absolute Gasteiger partial charge is 0.189 e. The summed E-state index contributed by atoms with van der Waals surface area (Å²) in [6.07, 6.45) is 3.33. The first-order valence-electron chi connectivity index (χ1n) is 5.82. The Labute approximate surface area is 130 Å². The van der Waals surface area contributed by atoms with Crippen LogP contribution in [0.15, 0.2) is 40.2 Å². The molecule has 0 N–H and O–H groups in total. The number of ether oxygens (including phenoxy) is 2. The van der Waals surface area contributed by atoms with Crippen molar-refractivity contribution < 1.29 is 14.3 Å². The number of carbonyl (C=O) groups excluding carboxylic acids is 1. The minimum atomic E-state index is -0.120. The lowest BCUT2D eigenvalue weighted by Crippen LogP contribution is -1.99. The fraction of sp³-hybridized carbons (Fsp3) is 0.133. The van der Waals surface area contributed by atoms with Crippen LogP contribution in [-0.2, 0) is 0 Å². The Morgan fingerprint density at radius 2 is 2.05 bits per heavy atom. The van der Waals surface area contributed by atoms with Crippen LogP contribution in [0, 0.1) is 0 Å². The summed E-state index contributed by atoms with van der Waals surface area (Å²) in [5.41, 5.74) is 0.485. The molecule has 0 amide bonds. The van der Waals surface area contributed by atoms with Crippen molar-refractivity contribution in [1.82, 2.24) is 0 Å². The van der Waals surface area contributed by atoms with Gasteiger partial charge in [-0.3, -0.25) is 4.79 Å². The molecule has 20 heavy (non-hydrogen) atoms. The molecule has 0 aliphatic heterocycles. The Hall–Kier alpha value is -1.59. The number of allylic oxidation sites excluding steroid dienone is 1. The van der Waals surface area contributed by atoms with E-state index < -0.39 is 0 Å². The van der Waals surface area contributed by atoms with E-state index in [1.807, 2.05) is 11.4 Å². The Morgan fingerprint density at radius 1 is 1.25 bits per heavy atom. The number of thiophene rings is 1. The minimum absolute atomic E-state index is 0.120. The normalized spacial score (nSPS) is 10.8. The van der Waals surface area contributed by atoms with E-state index in [0.29, 0.717) is 17.1 Å². The largest absolute Gasteiger partial charge is 0.497 e. The maximum absolute atomic E-state index is 12.2. The van der Waals surface area contributed by atoms with Crippen molar-refractivity contribution in [2.24, 2.45) is 0 Å². The fourth-order valence-corrected chi connectivity index (χ4v) is 3.01. The third kappa shape index (κ3) is 3.49. The number of halogens is 1. The lowest BCUT2D eigenvalue weighted by molar-refractivity contribution is 0.104. The summed E-state index contributed by atoms with van der Waals surface area (Å²) in [5, 5.41) is 1.97. The Morgan fingerprint density at radius 3 is 2.65 bits per heavy atom. The molecule has 0 bridgehead atoms. The molecule has 1 aromatic heterocycles. The van der Waals surface area contributed by atoms with Crippen molar-refractivity contribution in [3.05, 3.63) is 50.6 Å². The Kier molecular flexibility index (Phi) is 4.98. The lowest BCUT2D eigenvalue weighted by Gasteiger charge is -2.07. The van der Waals surface area contributed by atoms with E-state index in [0.717, 1.165) is 9.35 Å². The van der Waals surface area contributed by atoms with Gasteiger partial charge in [0.1, 0.15) is 11.5 Å². The molecule has 0 aliphatic rings. The summed E-state index contributed by atoms with van der Waals surface area (Å²) >= 11 is 4.94. The monoisotopic (exact) mass is 352 g/mol. The maximum atomic E-state index is 12.2. The zero-order valence-corrected chi connectivity index (χ0v) is 13.5. The van der Waals surface area contributed by atoms with Crippen LogP contribution in [0.2, 0.25) is 0 Å². The van der Waals surface area contributed by atoms with E-state index in [2.05, 4.69) is 15.9 Å². The van der Waals surface area contributed by atoms with Crippen LogP contribution in [0.1, 0.15) is 15.2 Å². The highest BCUT2D eigenvalue weighted by Gasteiger charge is 2.11. The van der Waals surface area contributed by atoms with Gasteiger partial charge in [0.15, 0.2) is 5.78 Å². The van der Waals surface area contributed by atoms with Crippen molar-refractivity contribution in [1.29, 1.82) is 0 Å². The summed E-state index contributed by atoms with van der Waals surface area (Å²) in [7, 11) is 3.10. The summed E-state index contributed by atoms with van der Waals surface area (Å²) in [4.78, 5) is 13.2. The van der Waals surface area contributed by atoms with Crippen LogP contribution < -0.4 is 9.47 Å². The quantitative estimate of drug-likeness (QED) is 0.590. The highest BCUT2D eigenvalue weighted by molar-refractivity contribution is 9.10. The van der Waals surface area contributed by atoms with Gasteiger partial charge in [-0.25, -0.2) is 0 Å². The number of hydrogen-bond donors (Lipinski definition) is 0. The van der Waals surface area contributed by atoms with Crippen molar-refractivity contribution in [2.45, 2.75) is 0 Å². The summed E-state index contributed by atoms with van der Waals surface area (Å²) in [6, 6.07) is 7.12. The molecule has 0 atom stereocenters. The van der Waals surface area contributed by atoms with E-state index >= 15 is 0 Å². The van der Waals surface area contributed by atoms with Crippen LogP contribution in [0.3, 0.4) is 0 Å². The maximum Gasteiger partial charge on any atom is 0.189 e. The average Bonchev–Trinajstić information content (AvgIpc) is 2.89. The molecular formula is C15H13BrO3S. The number of methoxy groups -OCH3 is 2. The van der Waals surface area contributed by atoms with E-state index in [4.69, 9.17) is 9.47 Å². The number of carbonyl (C=O) groups is 1. The summed E-state index contributed by atoms with van der Waals surface area (Å²) < 4.78 is 11.3. The molecule has 3 nitrogen and oxygen atoms in total. The molecule has 1 aromatic carbocycles. The van der Waals surface area contributed by atoms with Crippen LogP contribution in [0.25, 0.3) is 6.08 Å². The zero-order chi connectivity index (χ0) is 14.5. The highest BCUT2D eigenvalue weighted by Crippen LogP contribution is 2.25. The Bertz CT molecular complexity index is 646. The van der Waals surface area contributed by atoms with Crippen molar-refractivity contribution >= 4 is 39.1 Å². The van der Waals surface area contributed by atoms with E-state index in [9.17, 15) is 4.79 Å². The zero-order valence-electron chi connectivity index (χ0n) is 11.1. The molecule has 0 fully saturated rings. The van der Waals surface area contributed by atoms with Crippen molar-refractivity contribution in [2.75, 3.05) is 14.2 Å². The third-order valence-electron chi connectivity index (χ3n) is 2.66. The van der Waals surface area contributed by atoms with E-state index in [1.54, 1.807) is 49.8 Å². The molecule has 0 saturated carbocycles. The average molecular weight is 353 g/mol. The number of hydrogen-bond acceptors (Lipinski definition) is 4. The minimum Gasteiger partial charge on any atom is -0.497 e. The van der Waals surface area contributed by atoms with Gasteiger partial charge >= 0.3 is 0 Å². The third-order valence-corrected chi connectivity index (χ3v) is 4.32. The van der Waals surface area contributed by atoms with Crippen LogP contribution in [0.5, 0.6) is 11.5 Å². The van der Waals surface area contributed by atoms with Gasteiger partial charge in [0.05, 0.1) is 19.8 Å². The van der Waals surface area contributed by atoms with Gasteiger partial charge in [-0.15, -0.1) is 11.3 Å². The van der Waals surface area contributed by atoms with Gasteiger partial charge in [-0.2, -0.15) is 0 Å². The van der Waals surface area contributed by atoms with Gasteiger partial charge in [-0.1, -0.05) is 0 Å². The van der Waals surface area contributed by atoms with Crippen LogP contribution in [-0.4, -0.2) is 20.0 Å². The first kappa shape index (κ1) is 14.8. The number of rotatable bonds is 5. The standard InChI is InChI=1S/C15H13BrO3S/c1-18-11-3-6-15(19-2)13(8-11)14(17)5-4-12-7-10(16)9-20-12/h3-9H,1-2H3/b5-4+. The predicted molar refractivity (Wildman–Crippen MR) is 84.9 cm³/mol. The van der Waals surface area contributed by atoms with Gasteiger partial charge in [0, 0.05) is 14.7 Å². The number of ketones is 1. The van der Waals surface area contributed by atoms with Gasteiger partial charge in [0.25, 0.3) is 0 Å². The molecule has 1 heterocycles. The topological polar surface area (TPSA) is 35.5 Å². The number of benzene rings is 1. The second kappa shape index (κ2) is 6.72.